The maximum atomic E-state index is 12.6. The molecule has 0 saturated carbocycles. The van der Waals surface area contributed by atoms with E-state index in [0.29, 0.717) is 17.9 Å². The summed E-state index contributed by atoms with van der Waals surface area (Å²) in [4.78, 5) is 12.6. The summed E-state index contributed by atoms with van der Waals surface area (Å²) in [5, 5.41) is 3.12. The summed E-state index contributed by atoms with van der Waals surface area (Å²) in [7, 11) is 1.61. The zero-order chi connectivity index (χ0) is 17.7. The fourth-order valence-electron chi connectivity index (χ4n) is 2.95. The molecule has 130 valence electrons. The van der Waals surface area contributed by atoms with Gasteiger partial charge in [-0.05, 0) is 44.2 Å². The van der Waals surface area contributed by atoms with E-state index in [1.807, 2.05) is 25.1 Å². The largest absolute Gasteiger partial charge is 0.497 e. The van der Waals surface area contributed by atoms with E-state index >= 15 is 0 Å². The second-order valence-corrected chi connectivity index (χ2v) is 7.80. The number of methoxy groups -OCH3 is 1. The lowest BCUT2D eigenvalue weighted by atomic mass is 9.81. The van der Waals surface area contributed by atoms with Crippen LogP contribution in [0.1, 0.15) is 54.4 Å². The van der Waals surface area contributed by atoms with Crippen molar-refractivity contribution in [1.82, 2.24) is 5.32 Å². The van der Waals surface area contributed by atoms with E-state index in [1.165, 1.54) is 0 Å². The van der Waals surface area contributed by atoms with Crippen LogP contribution in [0, 0.1) is 5.41 Å². The topological polar surface area (TPSA) is 47.6 Å². The van der Waals surface area contributed by atoms with Gasteiger partial charge < -0.3 is 14.8 Å². The van der Waals surface area contributed by atoms with Crippen LogP contribution in [0.5, 0.6) is 11.5 Å². The Bertz CT molecular complexity index is 518. The quantitative estimate of drug-likeness (QED) is 0.819. The summed E-state index contributed by atoms with van der Waals surface area (Å²) in [6.45, 7) is 12.6. The van der Waals surface area contributed by atoms with Crippen molar-refractivity contribution >= 4 is 5.91 Å². The average Bonchev–Trinajstić information content (AvgIpc) is 2.41. The molecular formula is C19H31NO3. The van der Waals surface area contributed by atoms with Crippen LogP contribution in [0.2, 0.25) is 0 Å². The van der Waals surface area contributed by atoms with Gasteiger partial charge in [0.25, 0.3) is 5.91 Å². The van der Waals surface area contributed by atoms with E-state index in [-0.39, 0.29) is 16.9 Å². The van der Waals surface area contributed by atoms with Crippen molar-refractivity contribution in [2.24, 2.45) is 5.41 Å². The van der Waals surface area contributed by atoms with E-state index < -0.39 is 6.10 Å². The lowest BCUT2D eigenvalue weighted by Gasteiger charge is -2.34. The Kier molecular flexibility index (Phi) is 6.48. The fourth-order valence-corrected chi connectivity index (χ4v) is 2.95. The van der Waals surface area contributed by atoms with Crippen molar-refractivity contribution in [2.75, 3.05) is 7.11 Å². The van der Waals surface area contributed by atoms with E-state index in [2.05, 4.69) is 39.9 Å². The minimum atomic E-state index is -0.513. The van der Waals surface area contributed by atoms with Gasteiger partial charge in [-0.25, -0.2) is 0 Å². The average molecular weight is 321 g/mol. The normalized spacial score (nSPS) is 13.3. The van der Waals surface area contributed by atoms with Crippen LogP contribution in [0.25, 0.3) is 0 Å². The van der Waals surface area contributed by atoms with Crippen LogP contribution in [-0.4, -0.2) is 24.7 Å². The molecule has 0 aromatic heterocycles. The predicted octanol–water partition coefficient (Wildman–Crippen LogP) is 4.18. The van der Waals surface area contributed by atoms with Crippen LogP contribution in [0.3, 0.4) is 0 Å². The van der Waals surface area contributed by atoms with Gasteiger partial charge in [0, 0.05) is 11.6 Å². The molecule has 4 nitrogen and oxygen atoms in total. The van der Waals surface area contributed by atoms with Gasteiger partial charge in [-0.1, -0.05) is 33.8 Å². The number of hydrogen-bond donors (Lipinski definition) is 1. The smallest absolute Gasteiger partial charge is 0.261 e. The molecule has 1 aromatic rings. The lowest BCUT2D eigenvalue weighted by molar-refractivity contribution is -0.130. The zero-order valence-corrected chi connectivity index (χ0v) is 15.5. The molecular weight excluding hydrogens is 290 g/mol. The summed E-state index contributed by atoms with van der Waals surface area (Å²) >= 11 is 0. The minimum absolute atomic E-state index is 0.0791. The summed E-state index contributed by atoms with van der Waals surface area (Å²) in [5.74, 6) is 1.27. The summed E-state index contributed by atoms with van der Waals surface area (Å²) < 4.78 is 11.0. The van der Waals surface area contributed by atoms with Crippen molar-refractivity contribution in [1.29, 1.82) is 0 Å². The van der Waals surface area contributed by atoms with Crippen molar-refractivity contribution in [3.8, 4) is 11.5 Å². The molecule has 23 heavy (non-hydrogen) atoms. The van der Waals surface area contributed by atoms with Crippen LogP contribution in [-0.2, 0) is 4.79 Å². The van der Waals surface area contributed by atoms with Crippen molar-refractivity contribution < 1.29 is 14.3 Å². The molecule has 1 atom stereocenters. The van der Waals surface area contributed by atoms with Gasteiger partial charge in [-0.15, -0.1) is 0 Å². The zero-order valence-electron chi connectivity index (χ0n) is 15.5. The molecule has 1 N–H and O–H groups in total. The van der Waals surface area contributed by atoms with Crippen LogP contribution < -0.4 is 14.8 Å². The monoisotopic (exact) mass is 321 g/mol. The third-order valence-corrected chi connectivity index (χ3v) is 3.42. The number of ether oxygens (including phenoxy) is 2. The minimum Gasteiger partial charge on any atom is -0.497 e. The van der Waals surface area contributed by atoms with Gasteiger partial charge in [-0.3, -0.25) is 4.79 Å². The van der Waals surface area contributed by atoms with Gasteiger partial charge in [-0.2, -0.15) is 0 Å². The number of amides is 1. The molecule has 0 saturated heterocycles. The number of carbonyl (C=O) groups is 1. The lowest BCUT2D eigenvalue weighted by Crippen LogP contribution is -2.50. The van der Waals surface area contributed by atoms with Gasteiger partial charge in [0.2, 0.25) is 0 Å². The first-order valence-electron chi connectivity index (χ1n) is 8.19. The second kappa shape index (κ2) is 7.71. The highest BCUT2D eigenvalue weighted by Crippen LogP contribution is 2.27. The number of carbonyl (C=O) groups excluding carboxylic acids is 1. The van der Waals surface area contributed by atoms with E-state index in [0.717, 1.165) is 6.42 Å². The van der Waals surface area contributed by atoms with Crippen LogP contribution in [0.15, 0.2) is 24.3 Å². The van der Waals surface area contributed by atoms with Crippen molar-refractivity contribution in [2.45, 2.75) is 66.0 Å². The number of benzene rings is 1. The first-order valence-corrected chi connectivity index (χ1v) is 8.19. The first kappa shape index (κ1) is 19.3. The standard InChI is InChI=1S/C19H31NO3/c1-8-16(23-15-11-9-10-14(12-15)22-7)17(21)20-19(5,6)13-18(2,3)4/h9-12,16H,8,13H2,1-7H3,(H,20,21). The molecule has 0 spiro atoms. The Hall–Kier alpha value is -1.71. The van der Waals surface area contributed by atoms with E-state index in [9.17, 15) is 4.79 Å². The Morgan fingerprint density at radius 1 is 1.17 bits per heavy atom. The summed E-state index contributed by atoms with van der Waals surface area (Å²) in [6, 6.07) is 7.32. The molecule has 1 amide bonds. The van der Waals surface area contributed by atoms with Gasteiger partial charge in [0.15, 0.2) is 6.10 Å². The van der Waals surface area contributed by atoms with Gasteiger partial charge >= 0.3 is 0 Å². The SMILES string of the molecule is CCC(Oc1cccc(OC)c1)C(=O)NC(C)(C)CC(C)(C)C. The first-order chi connectivity index (χ1) is 10.6. The van der Waals surface area contributed by atoms with Crippen molar-refractivity contribution in [3.63, 3.8) is 0 Å². The highest BCUT2D eigenvalue weighted by Gasteiger charge is 2.30. The van der Waals surface area contributed by atoms with Gasteiger partial charge in [0.05, 0.1) is 7.11 Å². The molecule has 1 aromatic carbocycles. The predicted molar refractivity (Wildman–Crippen MR) is 94.0 cm³/mol. The molecule has 0 aliphatic carbocycles. The highest BCUT2D eigenvalue weighted by molar-refractivity contribution is 5.81. The van der Waals surface area contributed by atoms with Crippen LogP contribution >= 0.6 is 0 Å². The van der Waals surface area contributed by atoms with E-state index in [4.69, 9.17) is 9.47 Å². The molecule has 1 rings (SSSR count). The number of nitrogens with one attached hydrogen (secondary N) is 1. The molecule has 0 heterocycles. The van der Waals surface area contributed by atoms with Gasteiger partial charge in [0.1, 0.15) is 11.5 Å². The van der Waals surface area contributed by atoms with E-state index in [1.54, 1.807) is 13.2 Å². The highest BCUT2D eigenvalue weighted by atomic mass is 16.5. The molecule has 0 fully saturated rings. The number of rotatable bonds is 7. The molecule has 4 heteroatoms. The maximum Gasteiger partial charge on any atom is 0.261 e. The Morgan fingerprint density at radius 2 is 1.78 bits per heavy atom. The maximum absolute atomic E-state index is 12.6. The summed E-state index contributed by atoms with van der Waals surface area (Å²) in [5.41, 5.74) is -0.132. The Balaban J connectivity index is 2.75. The molecule has 0 aliphatic rings. The Labute approximate surface area is 140 Å². The number of hydrogen-bond acceptors (Lipinski definition) is 3. The molecule has 0 aliphatic heterocycles. The summed E-state index contributed by atoms with van der Waals surface area (Å²) in [6.07, 6.45) is 0.983. The van der Waals surface area contributed by atoms with Crippen LogP contribution in [0.4, 0.5) is 0 Å². The molecule has 1 unspecified atom stereocenters. The molecule has 0 bridgehead atoms. The third-order valence-electron chi connectivity index (χ3n) is 3.42. The van der Waals surface area contributed by atoms with Crippen molar-refractivity contribution in [3.05, 3.63) is 24.3 Å². The second-order valence-electron chi connectivity index (χ2n) is 7.80. The Morgan fingerprint density at radius 3 is 2.30 bits per heavy atom. The fraction of sp³-hybridized carbons (Fsp3) is 0.632. The third kappa shape index (κ3) is 6.93. The molecule has 0 radical (unpaired) electrons.